The molecule has 124 valence electrons. The van der Waals surface area contributed by atoms with Gasteiger partial charge in [-0.05, 0) is 6.42 Å². The van der Waals surface area contributed by atoms with Gasteiger partial charge in [0, 0.05) is 70.2 Å². The number of nitrogens with zero attached hydrogens (tertiary/aromatic N) is 5. The minimum atomic E-state index is -0.272. The lowest BCUT2D eigenvalue weighted by atomic mass is 10.3. The zero-order chi connectivity index (χ0) is 16.4. The molecule has 8 heteroatoms. The molecule has 0 amide bonds. The quantitative estimate of drug-likeness (QED) is 0.805. The summed E-state index contributed by atoms with van der Waals surface area (Å²) >= 11 is 1.66. The van der Waals surface area contributed by atoms with Gasteiger partial charge in [-0.25, -0.2) is 9.78 Å². The number of aromatic nitrogens is 3. The highest BCUT2D eigenvalue weighted by molar-refractivity contribution is 7.13. The van der Waals surface area contributed by atoms with Crippen molar-refractivity contribution < 1.29 is 0 Å². The average molecular weight is 335 g/mol. The molecule has 0 spiro atoms. The molecule has 3 heterocycles. The Hall–Kier alpha value is -1.93. The maximum Gasteiger partial charge on any atom is 0.330 e. The maximum absolute atomic E-state index is 12.0. The second-order valence-corrected chi connectivity index (χ2v) is 6.68. The van der Waals surface area contributed by atoms with Gasteiger partial charge in [0.05, 0.1) is 0 Å². The van der Waals surface area contributed by atoms with E-state index in [0.717, 1.165) is 48.0 Å². The Morgan fingerprint density at radius 1 is 1.13 bits per heavy atom. The molecule has 1 fully saturated rings. The summed E-state index contributed by atoms with van der Waals surface area (Å²) in [6, 6.07) is 1.56. The molecule has 1 saturated heterocycles. The van der Waals surface area contributed by atoms with Crippen LogP contribution in [0.3, 0.4) is 0 Å². The molecular formula is C15H21N5O2S. The Labute approximate surface area is 138 Å². The molecule has 1 aliphatic rings. The number of hydrogen-bond acceptors (Lipinski definition) is 6. The summed E-state index contributed by atoms with van der Waals surface area (Å²) in [6.07, 6.45) is 2.87. The fourth-order valence-corrected chi connectivity index (χ4v) is 3.55. The van der Waals surface area contributed by atoms with E-state index < -0.39 is 0 Å². The Bertz CT molecular complexity index is 780. The van der Waals surface area contributed by atoms with Crippen molar-refractivity contribution in [1.82, 2.24) is 19.0 Å². The number of thiazole rings is 1. The first-order valence-electron chi connectivity index (χ1n) is 7.69. The van der Waals surface area contributed by atoms with E-state index in [1.165, 1.54) is 7.05 Å². The predicted molar refractivity (Wildman–Crippen MR) is 91.1 cm³/mol. The van der Waals surface area contributed by atoms with Gasteiger partial charge in [-0.1, -0.05) is 0 Å². The molecule has 23 heavy (non-hydrogen) atoms. The molecule has 0 saturated carbocycles. The Kier molecular flexibility index (Phi) is 4.63. The first-order chi connectivity index (χ1) is 11.1. The molecule has 2 aromatic heterocycles. The van der Waals surface area contributed by atoms with Crippen LogP contribution in [0.5, 0.6) is 0 Å². The Morgan fingerprint density at radius 2 is 1.96 bits per heavy atom. The van der Waals surface area contributed by atoms with E-state index in [1.54, 1.807) is 29.0 Å². The molecule has 0 aromatic carbocycles. The van der Waals surface area contributed by atoms with Crippen molar-refractivity contribution in [1.29, 1.82) is 0 Å². The molecular weight excluding hydrogens is 314 g/mol. The van der Waals surface area contributed by atoms with Crippen molar-refractivity contribution in [3.63, 3.8) is 0 Å². The van der Waals surface area contributed by atoms with Gasteiger partial charge in [0.1, 0.15) is 0 Å². The van der Waals surface area contributed by atoms with Gasteiger partial charge in [0.2, 0.25) is 0 Å². The van der Waals surface area contributed by atoms with Gasteiger partial charge >= 0.3 is 5.69 Å². The van der Waals surface area contributed by atoms with E-state index in [4.69, 9.17) is 0 Å². The molecule has 2 aromatic rings. The normalized spacial score (nSPS) is 16.5. The minimum absolute atomic E-state index is 0.248. The van der Waals surface area contributed by atoms with Crippen LogP contribution in [0.4, 0.5) is 5.13 Å². The average Bonchev–Trinajstić information content (AvgIpc) is 2.98. The summed E-state index contributed by atoms with van der Waals surface area (Å²) < 4.78 is 2.70. The molecule has 3 rings (SSSR count). The van der Waals surface area contributed by atoms with E-state index in [2.05, 4.69) is 14.8 Å². The lowest BCUT2D eigenvalue weighted by Crippen LogP contribution is -2.40. The van der Waals surface area contributed by atoms with Crippen molar-refractivity contribution in [3.8, 4) is 0 Å². The first kappa shape index (κ1) is 15.9. The van der Waals surface area contributed by atoms with E-state index >= 15 is 0 Å². The zero-order valence-electron chi connectivity index (χ0n) is 13.4. The summed E-state index contributed by atoms with van der Waals surface area (Å²) in [5, 5.41) is 3.06. The van der Waals surface area contributed by atoms with Crippen molar-refractivity contribution in [2.24, 2.45) is 14.1 Å². The smallest absolute Gasteiger partial charge is 0.330 e. The molecule has 7 nitrogen and oxygen atoms in total. The number of rotatable bonds is 3. The van der Waals surface area contributed by atoms with Crippen molar-refractivity contribution in [2.45, 2.75) is 13.0 Å². The molecule has 0 unspecified atom stereocenters. The molecule has 0 aliphatic carbocycles. The van der Waals surface area contributed by atoms with Gasteiger partial charge in [-0.15, -0.1) is 11.3 Å². The van der Waals surface area contributed by atoms with Crippen molar-refractivity contribution in [2.75, 3.05) is 31.1 Å². The van der Waals surface area contributed by atoms with Crippen LogP contribution in [0.1, 0.15) is 12.1 Å². The lowest BCUT2D eigenvalue weighted by molar-refractivity contribution is 0.277. The Balaban J connectivity index is 1.72. The van der Waals surface area contributed by atoms with Crippen LogP contribution in [-0.4, -0.2) is 45.2 Å². The van der Waals surface area contributed by atoms with Gasteiger partial charge < -0.3 is 4.90 Å². The molecule has 1 aliphatic heterocycles. The molecule has 0 radical (unpaired) electrons. The fraction of sp³-hybridized carbons (Fsp3) is 0.533. The highest BCUT2D eigenvalue weighted by Gasteiger charge is 2.18. The van der Waals surface area contributed by atoms with Gasteiger partial charge in [-0.2, -0.15) is 0 Å². The van der Waals surface area contributed by atoms with Crippen LogP contribution in [-0.2, 0) is 20.6 Å². The summed E-state index contributed by atoms with van der Waals surface area (Å²) in [5.41, 5.74) is 0.245. The van der Waals surface area contributed by atoms with Crippen LogP contribution in [0.15, 0.2) is 27.2 Å². The largest absolute Gasteiger partial charge is 0.347 e. The van der Waals surface area contributed by atoms with Gasteiger partial charge in [-0.3, -0.25) is 18.8 Å². The van der Waals surface area contributed by atoms with Crippen molar-refractivity contribution in [3.05, 3.63) is 44.2 Å². The fourth-order valence-electron chi connectivity index (χ4n) is 2.85. The maximum atomic E-state index is 12.0. The van der Waals surface area contributed by atoms with E-state index in [0.29, 0.717) is 6.54 Å². The van der Waals surface area contributed by atoms with E-state index in [1.807, 2.05) is 11.6 Å². The second-order valence-electron chi connectivity index (χ2n) is 5.81. The third-order valence-electron chi connectivity index (χ3n) is 4.29. The summed E-state index contributed by atoms with van der Waals surface area (Å²) in [4.78, 5) is 32.8. The second kappa shape index (κ2) is 6.67. The summed E-state index contributed by atoms with van der Waals surface area (Å²) in [7, 11) is 3.23. The topological polar surface area (TPSA) is 63.4 Å². The van der Waals surface area contributed by atoms with Gasteiger partial charge in [0.25, 0.3) is 5.56 Å². The predicted octanol–water partition coefficient (Wildman–Crippen LogP) is 0.253. The van der Waals surface area contributed by atoms with Crippen molar-refractivity contribution >= 4 is 16.5 Å². The monoisotopic (exact) mass is 335 g/mol. The van der Waals surface area contributed by atoms with E-state index in [-0.39, 0.29) is 11.2 Å². The number of hydrogen-bond donors (Lipinski definition) is 0. The van der Waals surface area contributed by atoms with Crippen LogP contribution in [0.25, 0.3) is 0 Å². The highest BCUT2D eigenvalue weighted by Crippen LogP contribution is 2.19. The van der Waals surface area contributed by atoms with E-state index in [9.17, 15) is 9.59 Å². The third kappa shape index (κ3) is 3.37. The first-order valence-corrected chi connectivity index (χ1v) is 8.57. The standard InChI is InChI=1S/C15H21N5O2S/c1-17-12(10-13(21)18(2)15(17)22)11-19-5-3-6-20(8-7-19)14-16-4-9-23-14/h4,9-10H,3,5-8,11H2,1-2H3. The zero-order valence-corrected chi connectivity index (χ0v) is 14.3. The Morgan fingerprint density at radius 3 is 2.70 bits per heavy atom. The van der Waals surface area contributed by atoms with Crippen LogP contribution in [0.2, 0.25) is 0 Å². The molecule has 0 atom stereocenters. The van der Waals surface area contributed by atoms with Gasteiger partial charge in [0.15, 0.2) is 5.13 Å². The molecule has 0 bridgehead atoms. The van der Waals surface area contributed by atoms with Crippen LogP contribution in [0, 0.1) is 0 Å². The number of anilines is 1. The SMILES string of the molecule is Cn1c(CN2CCCN(c3nccs3)CC2)cc(=O)n(C)c1=O. The minimum Gasteiger partial charge on any atom is -0.347 e. The molecule has 0 N–H and O–H groups in total. The summed E-state index contributed by atoms with van der Waals surface area (Å²) in [5.74, 6) is 0. The van der Waals surface area contributed by atoms with Crippen LogP contribution >= 0.6 is 11.3 Å². The highest BCUT2D eigenvalue weighted by atomic mass is 32.1. The lowest BCUT2D eigenvalue weighted by Gasteiger charge is -2.22. The van der Waals surface area contributed by atoms with Crippen LogP contribution < -0.4 is 16.1 Å². The third-order valence-corrected chi connectivity index (χ3v) is 5.12. The summed E-state index contributed by atoms with van der Waals surface area (Å²) in [6.45, 7) is 4.35.